The Bertz CT molecular complexity index is 1500. The van der Waals surface area contributed by atoms with Crippen molar-refractivity contribution in [3.63, 3.8) is 0 Å². The second kappa shape index (κ2) is 55.5. The molecule has 2 fully saturated rings. The van der Waals surface area contributed by atoms with E-state index in [4.69, 9.17) is 18.9 Å². The van der Waals surface area contributed by atoms with Gasteiger partial charge in [-0.2, -0.15) is 0 Å². The molecule has 0 bridgehead atoms. The van der Waals surface area contributed by atoms with Gasteiger partial charge >= 0.3 is 0 Å². The molecule has 0 aromatic rings. The minimum Gasteiger partial charge on any atom is -0.394 e. The predicted molar refractivity (Wildman–Crippen MR) is 342 cm³/mol. The van der Waals surface area contributed by atoms with Crippen molar-refractivity contribution in [1.82, 2.24) is 5.32 Å². The van der Waals surface area contributed by atoms with Crippen molar-refractivity contribution in [2.45, 2.75) is 396 Å². The molecule has 0 saturated carbocycles. The van der Waals surface area contributed by atoms with Gasteiger partial charge in [0.2, 0.25) is 5.91 Å². The molecular formula is C70H133NO13. The van der Waals surface area contributed by atoms with Crippen LogP contribution in [0.2, 0.25) is 0 Å². The molecule has 84 heavy (non-hydrogen) atoms. The summed E-state index contributed by atoms with van der Waals surface area (Å²) in [6.07, 6.45) is 53.1. The number of carbonyl (C=O) groups is 1. The molecule has 14 nitrogen and oxygen atoms in total. The number of allylic oxidation sites excluding steroid dienone is 3. The number of rotatable bonds is 59. The van der Waals surface area contributed by atoms with Gasteiger partial charge in [-0.3, -0.25) is 4.79 Å². The zero-order chi connectivity index (χ0) is 60.9. The van der Waals surface area contributed by atoms with Crippen LogP contribution in [0.5, 0.6) is 0 Å². The third kappa shape index (κ3) is 39.5. The number of ether oxygens (including phenoxy) is 4. The van der Waals surface area contributed by atoms with Crippen LogP contribution in [0, 0.1) is 0 Å². The molecule has 12 atom stereocenters. The molecule has 2 aliphatic rings. The zero-order valence-electron chi connectivity index (χ0n) is 53.9. The van der Waals surface area contributed by atoms with Crippen LogP contribution >= 0.6 is 0 Å². The van der Waals surface area contributed by atoms with Crippen LogP contribution < -0.4 is 5.32 Å². The Morgan fingerprint density at radius 2 is 0.762 bits per heavy atom. The smallest absolute Gasteiger partial charge is 0.220 e. The van der Waals surface area contributed by atoms with Crippen LogP contribution in [-0.2, 0) is 23.7 Å². The van der Waals surface area contributed by atoms with E-state index in [1.54, 1.807) is 6.08 Å². The van der Waals surface area contributed by atoms with Gasteiger partial charge < -0.3 is 65.1 Å². The lowest BCUT2D eigenvalue weighted by atomic mass is 9.97. The molecule has 9 N–H and O–H groups in total. The molecule has 1 amide bonds. The van der Waals surface area contributed by atoms with Gasteiger partial charge in [0.1, 0.15) is 48.8 Å². The maximum absolute atomic E-state index is 13.2. The first-order valence-corrected chi connectivity index (χ1v) is 35.6. The van der Waals surface area contributed by atoms with Crippen molar-refractivity contribution >= 4 is 5.91 Å². The number of amides is 1. The van der Waals surface area contributed by atoms with E-state index in [2.05, 4.69) is 31.3 Å². The Kier molecular flexibility index (Phi) is 51.9. The lowest BCUT2D eigenvalue weighted by molar-refractivity contribution is -0.359. The number of aliphatic hydroxyl groups excluding tert-OH is 8. The van der Waals surface area contributed by atoms with E-state index in [1.165, 1.54) is 257 Å². The zero-order valence-corrected chi connectivity index (χ0v) is 53.9. The first-order valence-electron chi connectivity index (χ1n) is 35.6. The molecule has 0 radical (unpaired) electrons. The highest BCUT2D eigenvalue weighted by atomic mass is 16.7. The van der Waals surface area contributed by atoms with Gasteiger partial charge in [0.25, 0.3) is 0 Å². The number of hydrogen-bond donors (Lipinski definition) is 9. The highest BCUT2D eigenvalue weighted by Crippen LogP contribution is 2.30. The topological polar surface area (TPSA) is 228 Å². The van der Waals surface area contributed by atoms with Crippen LogP contribution in [0.25, 0.3) is 0 Å². The summed E-state index contributed by atoms with van der Waals surface area (Å²) in [4.78, 5) is 13.2. The molecule has 0 aromatic carbocycles. The Balaban J connectivity index is 1.50. The maximum Gasteiger partial charge on any atom is 0.220 e. The second-order valence-corrected chi connectivity index (χ2v) is 25.4. The van der Waals surface area contributed by atoms with Crippen molar-refractivity contribution in [2.24, 2.45) is 0 Å². The minimum absolute atomic E-state index is 0.245. The Morgan fingerprint density at radius 3 is 1.17 bits per heavy atom. The molecular weight excluding hydrogens is 1060 g/mol. The van der Waals surface area contributed by atoms with E-state index < -0.39 is 86.8 Å². The monoisotopic (exact) mass is 1200 g/mol. The molecule has 496 valence electrons. The summed E-state index contributed by atoms with van der Waals surface area (Å²) in [5, 5.41) is 87.0. The highest BCUT2D eigenvalue weighted by molar-refractivity contribution is 5.76. The summed E-state index contributed by atoms with van der Waals surface area (Å²) in [6.45, 7) is 2.77. The van der Waals surface area contributed by atoms with Crippen LogP contribution in [0.1, 0.15) is 322 Å². The molecule has 2 aliphatic heterocycles. The average Bonchev–Trinajstić information content (AvgIpc) is 3.67. The Morgan fingerprint density at radius 1 is 0.417 bits per heavy atom. The summed E-state index contributed by atoms with van der Waals surface area (Å²) in [7, 11) is 0. The van der Waals surface area contributed by atoms with Gasteiger partial charge in [-0.15, -0.1) is 0 Å². The molecule has 0 spiro atoms. The lowest BCUT2D eigenvalue weighted by Gasteiger charge is -2.46. The number of nitrogens with one attached hydrogen (secondary N) is 1. The number of unbranched alkanes of at least 4 members (excludes halogenated alkanes) is 44. The predicted octanol–water partition coefficient (Wildman–Crippen LogP) is 14.3. The molecule has 0 aliphatic carbocycles. The van der Waals surface area contributed by atoms with Gasteiger partial charge in [-0.1, -0.05) is 308 Å². The fourth-order valence-corrected chi connectivity index (χ4v) is 12.0. The molecule has 2 heterocycles. The van der Waals surface area contributed by atoms with E-state index in [-0.39, 0.29) is 18.9 Å². The van der Waals surface area contributed by atoms with Crippen molar-refractivity contribution in [3.8, 4) is 0 Å². The number of carbonyl (C=O) groups excluding carboxylic acids is 1. The van der Waals surface area contributed by atoms with E-state index in [1.807, 2.05) is 6.08 Å². The fraction of sp³-hybridized carbons (Fsp3) is 0.929. The van der Waals surface area contributed by atoms with Gasteiger partial charge in [0.15, 0.2) is 12.6 Å². The van der Waals surface area contributed by atoms with E-state index in [0.717, 1.165) is 32.1 Å². The second-order valence-electron chi connectivity index (χ2n) is 25.4. The first-order chi connectivity index (χ1) is 41.1. The van der Waals surface area contributed by atoms with E-state index >= 15 is 0 Å². The fourth-order valence-electron chi connectivity index (χ4n) is 12.0. The van der Waals surface area contributed by atoms with Crippen LogP contribution in [0.4, 0.5) is 0 Å². The van der Waals surface area contributed by atoms with Crippen LogP contribution in [0.15, 0.2) is 24.3 Å². The van der Waals surface area contributed by atoms with Crippen LogP contribution in [0.3, 0.4) is 0 Å². The Hall–Kier alpha value is -1.53. The van der Waals surface area contributed by atoms with Crippen LogP contribution in [-0.4, -0.2) is 140 Å². The normalized spacial score (nSPS) is 23.7. The average molecular weight is 1200 g/mol. The third-order valence-electron chi connectivity index (χ3n) is 17.6. The SMILES string of the molecule is CCCCCC/C=C/CC/C=C/C(O)C(COC1OC(CO)C(OC2OC(CO)C(O)C(O)C2O)C(O)C1O)NC(=O)CCCCCCCCCCCCCCCCCCCCCCCCCCCCCCCCCCCCCCCCCC. The lowest BCUT2D eigenvalue weighted by Crippen LogP contribution is -2.65. The summed E-state index contributed by atoms with van der Waals surface area (Å²) in [6, 6.07) is -0.927. The maximum atomic E-state index is 13.2. The van der Waals surface area contributed by atoms with E-state index in [9.17, 15) is 45.6 Å². The first kappa shape index (κ1) is 78.6. The van der Waals surface area contributed by atoms with Crippen molar-refractivity contribution < 1.29 is 64.6 Å². The van der Waals surface area contributed by atoms with Gasteiger partial charge in [0.05, 0.1) is 32.0 Å². The largest absolute Gasteiger partial charge is 0.394 e. The van der Waals surface area contributed by atoms with Crippen molar-refractivity contribution in [2.75, 3.05) is 19.8 Å². The molecule has 14 heteroatoms. The quantitative estimate of drug-likeness (QED) is 0.0204. The standard InChI is InChI=1S/C70H133NO13/c1-3-5-7-9-11-13-15-16-17-18-19-20-21-22-23-24-25-26-27-28-29-30-31-32-33-34-35-36-37-38-39-40-41-42-43-44-46-48-50-52-54-62(75)71-58(59(74)53-51-49-47-45-14-12-10-8-6-4-2)57-81-69-67(80)65(78)68(61(56-73)83-69)84-70-66(79)64(77)63(76)60(55-72)82-70/h14,45,51,53,58-61,63-70,72-74,76-80H,3-13,15-44,46-50,52,54-57H2,1-2H3,(H,71,75)/b45-14+,53-51+. The van der Waals surface area contributed by atoms with Gasteiger partial charge in [-0.05, 0) is 32.1 Å². The van der Waals surface area contributed by atoms with E-state index in [0.29, 0.717) is 12.8 Å². The minimum atomic E-state index is -1.79. The van der Waals surface area contributed by atoms with Crippen molar-refractivity contribution in [1.29, 1.82) is 0 Å². The summed E-state index contributed by atoms with van der Waals surface area (Å²) >= 11 is 0. The molecule has 12 unspecified atom stereocenters. The van der Waals surface area contributed by atoms with Gasteiger partial charge in [-0.25, -0.2) is 0 Å². The molecule has 2 rings (SSSR count). The summed E-state index contributed by atoms with van der Waals surface area (Å²) in [5.74, 6) is -0.245. The molecule has 2 saturated heterocycles. The Labute approximate surface area is 513 Å². The number of hydrogen-bond acceptors (Lipinski definition) is 13. The highest BCUT2D eigenvalue weighted by Gasteiger charge is 2.51. The molecule has 0 aromatic heterocycles. The number of aliphatic hydroxyl groups is 8. The summed E-state index contributed by atoms with van der Waals surface area (Å²) in [5.41, 5.74) is 0. The van der Waals surface area contributed by atoms with Crippen molar-refractivity contribution in [3.05, 3.63) is 24.3 Å². The third-order valence-corrected chi connectivity index (χ3v) is 17.6. The van der Waals surface area contributed by atoms with Gasteiger partial charge in [0, 0.05) is 6.42 Å². The summed E-state index contributed by atoms with van der Waals surface area (Å²) < 4.78 is 22.7.